The second kappa shape index (κ2) is 3.66. The van der Waals surface area contributed by atoms with Crippen LogP contribution in [-0.2, 0) is 0 Å². The molecule has 0 saturated heterocycles. The first-order valence-electron chi connectivity index (χ1n) is 4.28. The van der Waals surface area contributed by atoms with Crippen LogP contribution in [0.5, 0.6) is 5.75 Å². The van der Waals surface area contributed by atoms with Crippen LogP contribution in [0.4, 0.5) is 5.69 Å². The molecule has 0 amide bonds. The predicted octanol–water partition coefficient (Wildman–Crippen LogP) is 1.48. The lowest BCUT2D eigenvalue weighted by molar-refractivity contribution is 0.464. The first kappa shape index (κ1) is 9.86. The Morgan fingerprint density at radius 1 is 1.38 bits per heavy atom. The van der Waals surface area contributed by atoms with Gasteiger partial charge in [-0.1, -0.05) is 6.07 Å². The van der Waals surface area contributed by atoms with E-state index in [1.54, 1.807) is 6.07 Å². The summed E-state index contributed by atoms with van der Waals surface area (Å²) in [6.45, 7) is 1.85. The third kappa shape index (κ3) is 2.12. The van der Waals surface area contributed by atoms with Gasteiger partial charge in [0.1, 0.15) is 5.75 Å². The second-order valence-corrected chi connectivity index (χ2v) is 3.43. The number of aromatic hydroxyl groups is 1. The largest absolute Gasteiger partial charge is 0.508 e. The summed E-state index contributed by atoms with van der Waals surface area (Å²) in [5.74, 6) is 0.265. The van der Waals surface area contributed by atoms with Gasteiger partial charge < -0.3 is 15.7 Å². The lowest BCUT2D eigenvalue weighted by Crippen LogP contribution is -2.10. The molecule has 72 valence electrons. The molecule has 0 radical (unpaired) electrons. The maximum Gasteiger partial charge on any atom is 0.122 e. The fraction of sp³-hybridized carbons (Fsp3) is 0.400. The molecule has 0 aliphatic heterocycles. The number of hydrogen-bond acceptors (Lipinski definition) is 3. The van der Waals surface area contributed by atoms with Gasteiger partial charge in [0.2, 0.25) is 0 Å². The normalized spacial score (nSPS) is 12.6. The van der Waals surface area contributed by atoms with Crippen molar-refractivity contribution < 1.29 is 5.11 Å². The van der Waals surface area contributed by atoms with Crippen LogP contribution >= 0.6 is 0 Å². The van der Waals surface area contributed by atoms with Crippen LogP contribution < -0.4 is 10.6 Å². The van der Waals surface area contributed by atoms with Gasteiger partial charge in [-0.3, -0.25) is 0 Å². The Hall–Kier alpha value is -1.22. The maximum absolute atomic E-state index is 9.60. The van der Waals surface area contributed by atoms with Crippen molar-refractivity contribution in [1.29, 1.82) is 0 Å². The molecule has 1 unspecified atom stereocenters. The van der Waals surface area contributed by atoms with E-state index in [0.717, 1.165) is 11.3 Å². The van der Waals surface area contributed by atoms with Gasteiger partial charge in [0.15, 0.2) is 0 Å². The third-order valence-corrected chi connectivity index (χ3v) is 2.02. The van der Waals surface area contributed by atoms with Crippen molar-refractivity contribution in [3.8, 4) is 5.75 Å². The molecular formula is C10H16N2O. The Kier molecular flexibility index (Phi) is 2.78. The molecule has 3 heteroatoms. The highest BCUT2D eigenvalue weighted by atomic mass is 16.3. The van der Waals surface area contributed by atoms with E-state index in [2.05, 4.69) is 0 Å². The minimum absolute atomic E-state index is 0.129. The Morgan fingerprint density at radius 2 is 2.00 bits per heavy atom. The molecule has 0 fully saturated rings. The van der Waals surface area contributed by atoms with Crippen LogP contribution in [0.3, 0.4) is 0 Å². The lowest BCUT2D eigenvalue weighted by atomic mass is 10.1. The summed E-state index contributed by atoms with van der Waals surface area (Å²) in [6.07, 6.45) is 0. The van der Waals surface area contributed by atoms with Crippen molar-refractivity contribution in [2.45, 2.75) is 13.0 Å². The predicted molar refractivity (Wildman–Crippen MR) is 55.0 cm³/mol. The van der Waals surface area contributed by atoms with Crippen LogP contribution in [0.2, 0.25) is 0 Å². The summed E-state index contributed by atoms with van der Waals surface area (Å²) in [7, 11) is 3.86. The summed E-state index contributed by atoms with van der Waals surface area (Å²) < 4.78 is 0. The fourth-order valence-corrected chi connectivity index (χ4v) is 1.20. The Balaban J connectivity index is 3.06. The van der Waals surface area contributed by atoms with E-state index in [9.17, 15) is 5.11 Å². The van der Waals surface area contributed by atoms with Gasteiger partial charge in [-0.2, -0.15) is 0 Å². The van der Waals surface area contributed by atoms with Gasteiger partial charge in [0.05, 0.1) is 0 Å². The molecule has 1 atom stereocenters. The Bertz CT molecular complexity index is 295. The van der Waals surface area contributed by atoms with Crippen molar-refractivity contribution in [3.05, 3.63) is 23.8 Å². The molecule has 0 aliphatic carbocycles. The van der Waals surface area contributed by atoms with Gasteiger partial charge in [-0.25, -0.2) is 0 Å². The van der Waals surface area contributed by atoms with E-state index in [1.165, 1.54) is 0 Å². The number of nitrogens with zero attached hydrogens (tertiary/aromatic N) is 1. The molecule has 1 aromatic carbocycles. The van der Waals surface area contributed by atoms with Gasteiger partial charge >= 0.3 is 0 Å². The monoisotopic (exact) mass is 180 g/mol. The number of anilines is 1. The standard InChI is InChI=1S/C10H16N2O/c1-7(11)9-5-4-8(12(2)3)6-10(9)13/h4-7,13H,11H2,1-3H3. The molecule has 0 aliphatic rings. The molecule has 0 aromatic heterocycles. The average molecular weight is 180 g/mol. The van der Waals surface area contributed by atoms with Gasteiger partial charge in [0, 0.05) is 37.5 Å². The number of hydrogen-bond donors (Lipinski definition) is 2. The van der Waals surface area contributed by atoms with Crippen molar-refractivity contribution in [1.82, 2.24) is 0 Å². The van der Waals surface area contributed by atoms with E-state index in [4.69, 9.17) is 5.73 Å². The zero-order valence-electron chi connectivity index (χ0n) is 8.28. The molecule has 13 heavy (non-hydrogen) atoms. The number of phenolic OH excluding ortho intramolecular Hbond substituents is 1. The molecule has 1 aromatic rings. The highest BCUT2D eigenvalue weighted by molar-refractivity contribution is 5.52. The summed E-state index contributed by atoms with van der Waals surface area (Å²) in [5, 5.41) is 9.60. The number of benzene rings is 1. The number of nitrogens with two attached hydrogens (primary N) is 1. The molecular weight excluding hydrogens is 164 g/mol. The SMILES string of the molecule is CC(N)c1ccc(N(C)C)cc1O. The average Bonchev–Trinajstić information content (AvgIpc) is 2.03. The highest BCUT2D eigenvalue weighted by Gasteiger charge is 2.06. The zero-order chi connectivity index (χ0) is 10.0. The minimum atomic E-state index is -0.129. The summed E-state index contributed by atoms with van der Waals surface area (Å²) in [4.78, 5) is 1.94. The van der Waals surface area contributed by atoms with Crippen LogP contribution in [0.25, 0.3) is 0 Å². The van der Waals surface area contributed by atoms with Crippen molar-refractivity contribution in [2.75, 3.05) is 19.0 Å². The van der Waals surface area contributed by atoms with Gasteiger partial charge in [-0.15, -0.1) is 0 Å². The molecule has 0 bridgehead atoms. The van der Waals surface area contributed by atoms with Crippen LogP contribution in [0, 0.1) is 0 Å². The summed E-state index contributed by atoms with van der Waals surface area (Å²) >= 11 is 0. The van der Waals surface area contributed by atoms with Crippen molar-refractivity contribution in [3.63, 3.8) is 0 Å². The quantitative estimate of drug-likeness (QED) is 0.724. The van der Waals surface area contributed by atoms with E-state index >= 15 is 0 Å². The maximum atomic E-state index is 9.60. The van der Waals surface area contributed by atoms with E-state index in [0.29, 0.717) is 0 Å². The van der Waals surface area contributed by atoms with Crippen LogP contribution in [0.15, 0.2) is 18.2 Å². The minimum Gasteiger partial charge on any atom is -0.508 e. The van der Waals surface area contributed by atoms with E-state index < -0.39 is 0 Å². The number of rotatable bonds is 2. The molecule has 0 heterocycles. The molecule has 0 saturated carbocycles. The van der Waals surface area contributed by atoms with E-state index in [1.807, 2.05) is 38.1 Å². The molecule has 3 nitrogen and oxygen atoms in total. The third-order valence-electron chi connectivity index (χ3n) is 2.02. The number of phenols is 1. The first-order valence-corrected chi connectivity index (χ1v) is 4.28. The fourth-order valence-electron chi connectivity index (χ4n) is 1.20. The molecule has 3 N–H and O–H groups in total. The zero-order valence-corrected chi connectivity index (χ0v) is 8.28. The Labute approximate surface area is 78.8 Å². The van der Waals surface area contributed by atoms with Gasteiger partial charge in [0.25, 0.3) is 0 Å². The summed E-state index contributed by atoms with van der Waals surface area (Å²) in [6, 6.07) is 5.39. The second-order valence-electron chi connectivity index (χ2n) is 3.43. The Morgan fingerprint density at radius 3 is 2.38 bits per heavy atom. The lowest BCUT2D eigenvalue weighted by Gasteiger charge is -2.15. The smallest absolute Gasteiger partial charge is 0.122 e. The van der Waals surface area contributed by atoms with Crippen LogP contribution in [0.1, 0.15) is 18.5 Å². The van der Waals surface area contributed by atoms with E-state index in [-0.39, 0.29) is 11.8 Å². The van der Waals surface area contributed by atoms with Crippen molar-refractivity contribution >= 4 is 5.69 Å². The first-order chi connectivity index (χ1) is 6.02. The topological polar surface area (TPSA) is 49.5 Å². The highest BCUT2D eigenvalue weighted by Crippen LogP contribution is 2.26. The van der Waals surface area contributed by atoms with Gasteiger partial charge in [-0.05, 0) is 13.0 Å². The van der Waals surface area contributed by atoms with Crippen LogP contribution in [-0.4, -0.2) is 19.2 Å². The molecule has 1 rings (SSSR count). The van der Waals surface area contributed by atoms with Crippen molar-refractivity contribution in [2.24, 2.45) is 5.73 Å². The summed E-state index contributed by atoms with van der Waals surface area (Å²) in [5.41, 5.74) is 7.42. The molecule has 0 spiro atoms.